The number of carboxylic acid groups (broad SMARTS) is 1. The molecule has 0 aromatic carbocycles. The first-order valence-electron chi connectivity index (χ1n) is 2.74. The molecule has 2 N–H and O–H groups in total. The van der Waals surface area contributed by atoms with Gasteiger partial charge in [0.15, 0.2) is 0 Å². The molecule has 0 fully saturated rings. The van der Waals surface area contributed by atoms with Crippen LogP contribution in [-0.2, 0) is 0 Å². The number of hydrogen-bond acceptors (Lipinski definition) is 4. The maximum absolute atomic E-state index is 10.2. The van der Waals surface area contributed by atoms with Crippen LogP contribution in [0.4, 0.5) is 0 Å². The Morgan fingerprint density at radius 1 is 1.64 bits per heavy atom. The fraction of sp³-hybridized carbons (Fsp3) is 0. The molecule has 5 nitrogen and oxygen atoms in total. The summed E-state index contributed by atoms with van der Waals surface area (Å²) >= 11 is 0. The van der Waals surface area contributed by atoms with E-state index in [1.165, 1.54) is 12.1 Å². The highest BCUT2D eigenvalue weighted by atomic mass is 16.4. The van der Waals surface area contributed by atoms with Gasteiger partial charge in [0, 0.05) is 0 Å². The number of nitrogens with zero attached hydrogens (tertiary/aromatic N) is 1. The van der Waals surface area contributed by atoms with E-state index in [-0.39, 0.29) is 11.5 Å². The molecular formula is C6H5NO4. The van der Waals surface area contributed by atoms with Crippen LogP contribution in [-0.4, -0.2) is 22.5 Å². The lowest BCUT2D eigenvalue weighted by atomic mass is 10.4. The molecule has 11 heavy (non-hydrogen) atoms. The summed E-state index contributed by atoms with van der Waals surface area (Å²) in [5, 5.41) is 19.1. The Kier molecular flexibility index (Phi) is 1.91. The first-order valence-corrected chi connectivity index (χ1v) is 2.74. The summed E-state index contributed by atoms with van der Waals surface area (Å²) in [6, 6.07) is 2.67. The predicted molar refractivity (Wildman–Crippen MR) is 35.0 cm³/mol. The largest absolute Gasteiger partial charge is 0.475 e. The first kappa shape index (κ1) is 7.33. The third-order valence-corrected chi connectivity index (χ3v) is 1.02. The zero-order valence-corrected chi connectivity index (χ0v) is 5.39. The van der Waals surface area contributed by atoms with E-state index in [0.717, 1.165) is 6.21 Å². The fourth-order valence-corrected chi connectivity index (χ4v) is 0.594. The van der Waals surface area contributed by atoms with E-state index < -0.39 is 5.97 Å². The van der Waals surface area contributed by atoms with Crippen LogP contribution in [0, 0.1) is 0 Å². The van der Waals surface area contributed by atoms with Crippen molar-refractivity contribution < 1.29 is 19.5 Å². The van der Waals surface area contributed by atoms with Crippen molar-refractivity contribution in [2.24, 2.45) is 5.16 Å². The van der Waals surface area contributed by atoms with Crippen LogP contribution in [0.3, 0.4) is 0 Å². The molecule has 0 unspecified atom stereocenters. The van der Waals surface area contributed by atoms with E-state index >= 15 is 0 Å². The Labute approximate surface area is 61.6 Å². The minimum atomic E-state index is -1.15. The van der Waals surface area contributed by atoms with Gasteiger partial charge in [-0.3, -0.25) is 0 Å². The monoisotopic (exact) mass is 155 g/mol. The van der Waals surface area contributed by atoms with Crippen molar-refractivity contribution in [2.45, 2.75) is 0 Å². The van der Waals surface area contributed by atoms with Crippen LogP contribution < -0.4 is 0 Å². The second-order valence-corrected chi connectivity index (χ2v) is 1.75. The third-order valence-electron chi connectivity index (χ3n) is 1.02. The van der Waals surface area contributed by atoms with Crippen LogP contribution >= 0.6 is 0 Å². The molecule has 0 atom stereocenters. The lowest BCUT2D eigenvalue weighted by Gasteiger charge is -1.83. The van der Waals surface area contributed by atoms with Gasteiger partial charge in [-0.2, -0.15) is 0 Å². The van der Waals surface area contributed by atoms with Crippen molar-refractivity contribution in [3.63, 3.8) is 0 Å². The second-order valence-electron chi connectivity index (χ2n) is 1.75. The zero-order chi connectivity index (χ0) is 8.27. The molecule has 5 heteroatoms. The van der Waals surface area contributed by atoms with Gasteiger partial charge < -0.3 is 14.7 Å². The van der Waals surface area contributed by atoms with Crippen LogP contribution in [0.5, 0.6) is 0 Å². The van der Waals surface area contributed by atoms with Gasteiger partial charge >= 0.3 is 5.97 Å². The minimum Gasteiger partial charge on any atom is -0.475 e. The van der Waals surface area contributed by atoms with Gasteiger partial charge in [0.05, 0.1) is 0 Å². The quantitative estimate of drug-likeness (QED) is 0.375. The van der Waals surface area contributed by atoms with Crippen LogP contribution in [0.25, 0.3) is 0 Å². The highest BCUT2D eigenvalue weighted by Crippen LogP contribution is 2.04. The Morgan fingerprint density at radius 3 is 2.82 bits per heavy atom. The van der Waals surface area contributed by atoms with E-state index in [1.54, 1.807) is 0 Å². The Morgan fingerprint density at radius 2 is 2.36 bits per heavy atom. The summed E-state index contributed by atoms with van der Waals surface area (Å²) < 4.78 is 4.68. The molecule has 0 bridgehead atoms. The molecule has 0 saturated heterocycles. The maximum atomic E-state index is 10.2. The SMILES string of the molecule is O=C(O)c1ccc(/C=N/O)o1. The Balaban J connectivity index is 2.90. The average molecular weight is 155 g/mol. The summed E-state index contributed by atoms with van der Waals surface area (Å²) in [4.78, 5) is 10.2. The van der Waals surface area contributed by atoms with Gasteiger partial charge in [-0.25, -0.2) is 4.79 Å². The molecule has 0 aliphatic heterocycles. The molecule has 0 spiro atoms. The van der Waals surface area contributed by atoms with Gasteiger partial charge in [0.1, 0.15) is 12.0 Å². The van der Waals surface area contributed by atoms with E-state index in [0.29, 0.717) is 0 Å². The van der Waals surface area contributed by atoms with E-state index in [2.05, 4.69) is 9.57 Å². The highest BCUT2D eigenvalue weighted by molar-refractivity contribution is 5.86. The van der Waals surface area contributed by atoms with Crippen molar-refractivity contribution in [1.82, 2.24) is 0 Å². The van der Waals surface area contributed by atoms with Crippen molar-refractivity contribution in [2.75, 3.05) is 0 Å². The predicted octanol–water partition coefficient (Wildman–Crippen LogP) is 0.786. The lowest BCUT2D eigenvalue weighted by Crippen LogP contribution is -1.91. The molecule has 0 saturated carbocycles. The smallest absolute Gasteiger partial charge is 0.371 e. The van der Waals surface area contributed by atoms with Gasteiger partial charge in [0.25, 0.3) is 0 Å². The number of carbonyl (C=O) groups is 1. The first-order chi connectivity index (χ1) is 5.24. The Hall–Kier alpha value is -1.78. The number of aromatic carboxylic acids is 1. The normalized spacial score (nSPS) is 10.5. The summed E-state index contributed by atoms with van der Waals surface area (Å²) in [7, 11) is 0. The molecular weight excluding hydrogens is 150 g/mol. The van der Waals surface area contributed by atoms with Gasteiger partial charge in [-0.15, -0.1) is 0 Å². The number of oxime groups is 1. The highest BCUT2D eigenvalue weighted by Gasteiger charge is 2.06. The van der Waals surface area contributed by atoms with Gasteiger partial charge in [0.2, 0.25) is 5.76 Å². The summed E-state index contributed by atoms with van der Waals surface area (Å²) in [6.07, 6.45) is 1.01. The molecule has 1 aromatic rings. The van der Waals surface area contributed by atoms with E-state index in [1.807, 2.05) is 0 Å². The fourth-order valence-electron chi connectivity index (χ4n) is 0.594. The van der Waals surface area contributed by atoms with E-state index in [9.17, 15) is 4.79 Å². The maximum Gasteiger partial charge on any atom is 0.371 e. The summed E-state index contributed by atoms with van der Waals surface area (Å²) in [5.41, 5.74) is 0. The zero-order valence-electron chi connectivity index (χ0n) is 5.39. The van der Waals surface area contributed by atoms with Crippen molar-refractivity contribution in [1.29, 1.82) is 0 Å². The lowest BCUT2D eigenvalue weighted by molar-refractivity contribution is 0.0662. The van der Waals surface area contributed by atoms with Crippen molar-refractivity contribution >= 4 is 12.2 Å². The van der Waals surface area contributed by atoms with E-state index in [4.69, 9.17) is 10.3 Å². The Bertz CT molecular complexity index is 289. The van der Waals surface area contributed by atoms with Gasteiger partial charge in [-0.05, 0) is 12.1 Å². The number of hydrogen-bond donors (Lipinski definition) is 2. The molecule has 0 aliphatic carbocycles. The molecule has 1 rings (SSSR count). The van der Waals surface area contributed by atoms with Crippen molar-refractivity contribution in [3.8, 4) is 0 Å². The average Bonchev–Trinajstić information content (AvgIpc) is 2.37. The van der Waals surface area contributed by atoms with Crippen LogP contribution in [0.1, 0.15) is 16.3 Å². The third kappa shape index (κ3) is 1.57. The van der Waals surface area contributed by atoms with Gasteiger partial charge in [-0.1, -0.05) is 5.16 Å². The topological polar surface area (TPSA) is 83.0 Å². The molecule has 0 aliphatic rings. The molecule has 1 aromatic heterocycles. The minimum absolute atomic E-state index is 0.181. The van der Waals surface area contributed by atoms with Crippen LogP contribution in [0.15, 0.2) is 21.7 Å². The molecule has 0 radical (unpaired) electrons. The molecule has 1 heterocycles. The van der Waals surface area contributed by atoms with Crippen LogP contribution in [0.2, 0.25) is 0 Å². The second kappa shape index (κ2) is 2.87. The molecule has 58 valence electrons. The summed E-state index contributed by atoms with van der Waals surface area (Å²) in [6.45, 7) is 0. The number of rotatable bonds is 2. The standard InChI is InChI=1S/C6H5NO4/c8-6(9)5-2-1-4(11-5)3-7-10/h1-3,10H,(H,8,9)/b7-3+. The van der Waals surface area contributed by atoms with Crippen molar-refractivity contribution in [3.05, 3.63) is 23.7 Å². The summed E-state index contributed by atoms with van der Waals surface area (Å²) in [5.74, 6) is -1.13. The number of furan rings is 1. The molecule has 0 amide bonds. The number of carboxylic acids is 1.